The monoisotopic (exact) mass is 296 g/mol. The maximum atomic E-state index is 6.14. The number of aryl methyl sites for hydroxylation is 1. The molecule has 106 valence electrons. The van der Waals surface area contributed by atoms with Crippen molar-refractivity contribution in [2.45, 2.75) is 25.2 Å². The molecule has 2 heterocycles. The lowest BCUT2D eigenvalue weighted by molar-refractivity contribution is 0.628. The quantitative estimate of drug-likeness (QED) is 0.722. The Bertz CT molecular complexity index is 810. The third kappa shape index (κ3) is 1.96. The van der Waals surface area contributed by atoms with E-state index in [1.165, 1.54) is 22.4 Å². The Morgan fingerprint density at radius 3 is 2.71 bits per heavy atom. The zero-order valence-corrected chi connectivity index (χ0v) is 12.4. The molecule has 3 aromatic rings. The summed E-state index contributed by atoms with van der Waals surface area (Å²) in [4.78, 5) is 10.8. The summed E-state index contributed by atoms with van der Waals surface area (Å²) in [5, 5.41) is 1.01. The molecular weight excluding hydrogens is 280 g/mol. The molecule has 1 atom stereocenters. The molecule has 1 aromatic carbocycles. The van der Waals surface area contributed by atoms with Crippen LogP contribution in [0.2, 0.25) is 0 Å². The van der Waals surface area contributed by atoms with E-state index in [4.69, 9.17) is 11.5 Å². The number of nitrogen functional groups attached to an aromatic ring is 2. The van der Waals surface area contributed by atoms with Crippen LogP contribution >= 0.6 is 11.3 Å². The Morgan fingerprint density at radius 1 is 1.10 bits per heavy atom. The molecule has 2 aromatic heterocycles. The molecule has 4 rings (SSSR count). The van der Waals surface area contributed by atoms with Crippen molar-refractivity contribution in [2.24, 2.45) is 0 Å². The molecule has 0 spiro atoms. The van der Waals surface area contributed by atoms with E-state index in [1.807, 2.05) is 0 Å². The van der Waals surface area contributed by atoms with Gasteiger partial charge < -0.3 is 11.5 Å². The summed E-state index contributed by atoms with van der Waals surface area (Å²) in [6.07, 6.45) is 3.44. The van der Waals surface area contributed by atoms with Crippen LogP contribution in [-0.4, -0.2) is 9.97 Å². The molecule has 21 heavy (non-hydrogen) atoms. The Balaban J connectivity index is 1.98. The van der Waals surface area contributed by atoms with Crippen LogP contribution in [-0.2, 0) is 6.42 Å². The summed E-state index contributed by atoms with van der Waals surface area (Å²) in [5.41, 5.74) is 14.5. The smallest absolute Gasteiger partial charge is 0.223 e. The minimum absolute atomic E-state index is 0.259. The number of hydrogen-bond acceptors (Lipinski definition) is 5. The second-order valence-electron chi connectivity index (χ2n) is 5.44. The minimum atomic E-state index is 0.259. The first-order chi connectivity index (χ1) is 10.2. The maximum Gasteiger partial charge on any atom is 0.223 e. The van der Waals surface area contributed by atoms with Gasteiger partial charge in [0.15, 0.2) is 0 Å². The topological polar surface area (TPSA) is 77.8 Å². The number of rotatable bonds is 1. The molecule has 4 nitrogen and oxygen atoms in total. The van der Waals surface area contributed by atoms with Crippen molar-refractivity contribution in [2.75, 3.05) is 11.5 Å². The van der Waals surface area contributed by atoms with Crippen molar-refractivity contribution < 1.29 is 0 Å². The minimum Gasteiger partial charge on any atom is -0.383 e. The number of aromatic nitrogens is 2. The van der Waals surface area contributed by atoms with Crippen molar-refractivity contribution in [1.29, 1.82) is 0 Å². The molecule has 1 aliphatic carbocycles. The first kappa shape index (κ1) is 12.6. The number of nitrogens with two attached hydrogens (primary N) is 2. The Hall–Kier alpha value is -2.14. The van der Waals surface area contributed by atoms with Gasteiger partial charge in [-0.3, -0.25) is 0 Å². The summed E-state index contributed by atoms with van der Waals surface area (Å²) < 4.78 is 0. The number of benzene rings is 1. The molecule has 0 bridgehead atoms. The highest BCUT2D eigenvalue weighted by atomic mass is 32.1. The van der Waals surface area contributed by atoms with E-state index in [-0.39, 0.29) is 5.95 Å². The van der Waals surface area contributed by atoms with Gasteiger partial charge in [0.1, 0.15) is 10.6 Å². The highest BCUT2D eigenvalue weighted by Crippen LogP contribution is 2.46. The molecule has 0 aliphatic heterocycles. The van der Waals surface area contributed by atoms with Crippen LogP contribution in [0, 0.1) is 0 Å². The number of hydrogen-bond donors (Lipinski definition) is 2. The third-order valence-corrected chi connectivity index (χ3v) is 5.32. The van der Waals surface area contributed by atoms with Gasteiger partial charge in [-0.2, -0.15) is 4.98 Å². The molecular formula is C16H16N4S. The maximum absolute atomic E-state index is 6.14. The van der Waals surface area contributed by atoms with Gasteiger partial charge in [0.2, 0.25) is 5.95 Å². The molecule has 0 radical (unpaired) electrons. The van der Waals surface area contributed by atoms with E-state index in [0.717, 1.165) is 23.1 Å². The van der Waals surface area contributed by atoms with E-state index in [2.05, 4.69) is 40.3 Å². The van der Waals surface area contributed by atoms with Crippen molar-refractivity contribution >= 4 is 33.3 Å². The molecule has 0 saturated carbocycles. The number of fused-ring (bicyclic) bond motifs is 3. The van der Waals surface area contributed by atoms with E-state index in [1.54, 1.807) is 11.3 Å². The van der Waals surface area contributed by atoms with Crippen molar-refractivity contribution in [3.8, 4) is 0 Å². The first-order valence-corrected chi connectivity index (χ1v) is 7.95. The lowest BCUT2D eigenvalue weighted by atomic mass is 9.81. The molecule has 0 fully saturated rings. The second-order valence-corrected chi connectivity index (χ2v) is 6.53. The SMILES string of the molecule is Nc1nc(N)c2c3c(sc2n1)CCCC3c1ccccc1. The van der Waals surface area contributed by atoms with E-state index in [0.29, 0.717) is 11.7 Å². The fourth-order valence-corrected chi connectivity index (χ4v) is 4.59. The van der Waals surface area contributed by atoms with E-state index in [9.17, 15) is 0 Å². The Kier molecular flexibility index (Phi) is 2.82. The highest BCUT2D eigenvalue weighted by molar-refractivity contribution is 7.19. The van der Waals surface area contributed by atoms with Gasteiger partial charge in [0.05, 0.1) is 5.39 Å². The summed E-state index contributed by atoms with van der Waals surface area (Å²) >= 11 is 1.72. The predicted octanol–water partition coefficient (Wildman–Crippen LogP) is 3.32. The highest BCUT2D eigenvalue weighted by Gasteiger charge is 2.28. The summed E-state index contributed by atoms with van der Waals surface area (Å²) in [5.74, 6) is 1.16. The van der Waals surface area contributed by atoms with Crippen molar-refractivity contribution in [1.82, 2.24) is 9.97 Å². The fraction of sp³-hybridized carbons (Fsp3) is 0.250. The van der Waals surface area contributed by atoms with Crippen LogP contribution in [0.25, 0.3) is 10.2 Å². The van der Waals surface area contributed by atoms with Crippen LogP contribution in [0.3, 0.4) is 0 Å². The lowest BCUT2D eigenvalue weighted by Crippen LogP contribution is -2.10. The largest absolute Gasteiger partial charge is 0.383 e. The van der Waals surface area contributed by atoms with Crippen molar-refractivity contribution in [3.05, 3.63) is 46.3 Å². The van der Waals surface area contributed by atoms with E-state index < -0.39 is 0 Å². The summed E-state index contributed by atoms with van der Waals surface area (Å²) in [7, 11) is 0. The Morgan fingerprint density at radius 2 is 1.90 bits per heavy atom. The van der Waals surface area contributed by atoms with Gasteiger partial charge >= 0.3 is 0 Å². The molecule has 1 aliphatic rings. The van der Waals surface area contributed by atoms with Crippen LogP contribution in [0.5, 0.6) is 0 Å². The number of nitrogens with zero attached hydrogens (tertiary/aromatic N) is 2. The van der Waals surface area contributed by atoms with Crippen LogP contribution in [0.15, 0.2) is 30.3 Å². The fourth-order valence-electron chi connectivity index (χ4n) is 3.30. The van der Waals surface area contributed by atoms with Crippen molar-refractivity contribution in [3.63, 3.8) is 0 Å². The predicted molar refractivity (Wildman–Crippen MR) is 87.5 cm³/mol. The van der Waals surface area contributed by atoms with Crippen LogP contribution < -0.4 is 11.5 Å². The summed E-state index contributed by atoms with van der Waals surface area (Å²) in [6.45, 7) is 0. The average molecular weight is 296 g/mol. The van der Waals surface area contributed by atoms with Gasteiger partial charge in [-0.05, 0) is 30.4 Å². The zero-order valence-electron chi connectivity index (χ0n) is 11.5. The van der Waals surface area contributed by atoms with Gasteiger partial charge in [-0.25, -0.2) is 4.98 Å². The molecule has 5 heteroatoms. The van der Waals surface area contributed by atoms with Gasteiger partial charge in [0, 0.05) is 10.8 Å². The lowest BCUT2D eigenvalue weighted by Gasteiger charge is -2.23. The molecule has 0 saturated heterocycles. The first-order valence-electron chi connectivity index (χ1n) is 7.13. The van der Waals surface area contributed by atoms with Gasteiger partial charge in [0.25, 0.3) is 0 Å². The summed E-state index contributed by atoms with van der Waals surface area (Å²) in [6, 6.07) is 10.6. The number of anilines is 2. The zero-order chi connectivity index (χ0) is 14.4. The molecule has 1 unspecified atom stereocenters. The standard InChI is InChI=1S/C16H16N4S/c17-14-13-12-10(9-5-2-1-3-6-9)7-4-8-11(12)21-15(13)20-16(18)19-14/h1-3,5-6,10H,4,7-8H2,(H4,17,18,19,20). The van der Waals surface area contributed by atoms with Crippen LogP contribution in [0.1, 0.15) is 34.8 Å². The third-order valence-electron chi connectivity index (χ3n) is 4.16. The van der Waals surface area contributed by atoms with Crippen LogP contribution in [0.4, 0.5) is 11.8 Å². The molecule has 4 N–H and O–H groups in total. The average Bonchev–Trinajstić information content (AvgIpc) is 2.86. The van der Waals surface area contributed by atoms with Gasteiger partial charge in [-0.1, -0.05) is 30.3 Å². The number of thiophene rings is 1. The molecule has 0 amide bonds. The second kappa shape index (κ2) is 4.70. The Labute approximate surface area is 126 Å². The van der Waals surface area contributed by atoms with E-state index >= 15 is 0 Å². The normalized spacial score (nSPS) is 17.8. The van der Waals surface area contributed by atoms with Gasteiger partial charge in [-0.15, -0.1) is 11.3 Å².